The van der Waals surface area contributed by atoms with Crippen LogP contribution in [0.3, 0.4) is 0 Å². The Morgan fingerprint density at radius 3 is 2.48 bits per heavy atom. The molecule has 0 unspecified atom stereocenters. The minimum atomic E-state index is 0.0852. The van der Waals surface area contributed by atoms with Gasteiger partial charge in [0.1, 0.15) is 12.7 Å². The maximum atomic E-state index is 10.0. The normalized spacial score (nSPS) is 19.8. The molecule has 2 aromatic heterocycles. The lowest BCUT2D eigenvalue weighted by molar-refractivity contribution is 0.0782. The first-order valence-corrected chi connectivity index (χ1v) is 12.0. The average Bonchev–Trinajstić information content (AvgIpc) is 3.54. The quantitative estimate of drug-likeness (QED) is 0.423. The van der Waals surface area contributed by atoms with Crippen molar-refractivity contribution in [3.8, 4) is 5.69 Å². The standard InChI is InChI=1S/C27H33N5O/c1-30(27(18-33)22-5-3-2-4-6-22)24-9-7-21(8-10-24)13-15-31-16-14-23-17-25(11-12-26(23)31)32-19-28-29-20-32/h2-6,11-12,14,16-17,19-21,24,27,33H,7-10,13,15,18H2,1H3/t21?,24?,27-/m1/s1. The van der Waals surface area contributed by atoms with Gasteiger partial charge in [0, 0.05) is 35.4 Å². The van der Waals surface area contributed by atoms with Gasteiger partial charge in [-0.25, -0.2) is 0 Å². The molecule has 172 valence electrons. The van der Waals surface area contributed by atoms with Crippen LogP contribution < -0.4 is 0 Å². The minimum Gasteiger partial charge on any atom is -0.394 e. The van der Waals surface area contributed by atoms with E-state index in [-0.39, 0.29) is 12.6 Å². The van der Waals surface area contributed by atoms with Crippen LogP contribution in [0, 0.1) is 5.92 Å². The van der Waals surface area contributed by atoms with Crippen molar-refractivity contribution >= 4 is 10.9 Å². The van der Waals surface area contributed by atoms with Gasteiger partial charge in [-0.2, -0.15) is 0 Å². The van der Waals surface area contributed by atoms with Crippen molar-refractivity contribution in [1.82, 2.24) is 24.2 Å². The number of fused-ring (bicyclic) bond motifs is 1. The molecule has 0 amide bonds. The average molecular weight is 444 g/mol. The largest absolute Gasteiger partial charge is 0.394 e. The number of aliphatic hydroxyl groups is 1. The molecular weight excluding hydrogens is 410 g/mol. The van der Waals surface area contributed by atoms with Gasteiger partial charge in [0.15, 0.2) is 0 Å². The maximum absolute atomic E-state index is 10.0. The molecule has 0 aliphatic heterocycles. The van der Waals surface area contributed by atoms with E-state index in [0.29, 0.717) is 6.04 Å². The first kappa shape index (κ1) is 21.9. The second-order valence-electron chi connectivity index (χ2n) is 9.36. The van der Waals surface area contributed by atoms with Crippen LogP contribution in [0.4, 0.5) is 0 Å². The summed E-state index contributed by atoms with van der Waals surface area (Å²) in [7, 11) is 2.18. The highest BCUT2D eigenvalue weighted by molar-refractivity contribution is 5.82. The van der Waals surface area contributed by atoms with Crippen molar-refractivity contribution in [2.75, 3.05) is 13.7 Å². The van der Waals surface area contributed by atoms with Crippen LogP contribution in [0.2, 0.25) is 0 Å². The summed E-state index contributed by atoms with van der Waals surface area (Å²) in [6, 6.07) is 19.8. The molecule has 1 aliphatic rings. The van der Waals surface area contributed by atoms with E-state index < -0.39 is 0 Å². The molecule has 4 aromatic rings. The first-order chi connectivity index (χ1) is 16.2. The minimum absolute atomic E-state index is 0.0852. The van der Waals surface area contributed by atoms with Crippen molar-refractivity contribution in [3.63, 3.8) is 0 Å². The predicted molar refractivity (Wildman–Crippen MR) is 131 cm³/mol. The Morgan fingerprint density at radius 1 is 1.00 bits per heavy atom. The van der Waals surface area contributed by atoms with E-state index >= 15 is 0 Å². The van der Waals surface area contributed by atoms with Crippen molar-refractivity contribution in [2.24, 2.45) is 5.92 Å². The van der Waals surface area contributed by atoms with Crippen LogP contribution in [0.5, 0.6) is 0 Å². The summed E-state index contributed by atoms with van der Waals surface area (Å²) < 4.78 is 4.33. The Bertz CT molecular complexity index is 1150. The lowest BCUT2D eigenvalue weighted by Crippen LogP contribution is -2.39. The number of nitrogens with zero attached hydrogens (tertiary/aromatic N) is 5. The van der Waals surface area contributed by atoms with E-state index in [1.165, 1.54) is 48.6 Å². The molecule has 6 nitrogen and oxygen atoms in total. The summed E-state index contributed by atoms with van der Waals surface area (Å²) in [6.45, 7) is 1.23. The lowest BCUT2D eigenvalue weighted by Gasteiger charge is -2.39. The summed E-state index contributed by atoms with van der Waals surface area (Å²) in [6.07, 6.45) is 11.8. The van der Waals surface area contributed by atoms with Crippen LogP contribution in [-0.4, -0.2) is 49.0 Å². The molecule has 0 saturated heterocycles. The third kappa shape index (κ3) is 4.72. The van der Waals surface area contributed by atoms with Gasteiger partial charge in [0.25, 0.3) is 0 Å². The van der Waals surface area contributed by atoms with Crippen LogP contribution in [0.1, 0.15) is 43.7 Å². The molecule has 0 spiro atoms. The number of likely N-dealkylation sites (N-methyl/N-ethyl adjacent to an activating group) is 1. The molecule has 5 rings (SSSR count). The van der Waals surface area contributed by atoms with Crippen LogP contribution in [-0.2, 0) is 6.54 Å². The lowest BCUT2D eigenvalue weighted by atomic mass is 9.83. The summed E-state index contributed by atoms with van der Waals surface area (Å²) >= 11 is 0. The van der Waals surface area contributed by atoms with Crippen molar-refractivity contribution in [1.29, 1.82) is 0 Å². The fourth-order valence-corrected chi connectivity index (χ4v) is 5.44. The summed E-state index contributed by atoms with van der Waals surface area (Å²) in [5, 5.41) is 19.1. The van der Waals surface area contributed by atoms with Gasteiger partial charge in [-0.05, 0) is 74.9 Å². The number of aromatic nitrogens is 4. The molecule has 1 atom stereocenters. The Labute approximate surface area is 195 Å². The van der Waals surface area contributed by atoms with Gasteiger partial charge in [-0.1, -0.05) is 30.3 Å². The second-order valence-corrected chi connectivity index (χ2v) is 9.36. The number of hydrogen-bond donors (Lipinski definition) is 1. The Balaban J connectivity index is 1.16. The van der Waals surface area contributed by atoms with Crippen molar-refractivity contribution in [2.45, 2.75) is 50.7 Å². The van der Waals surface area contributed by atoms with Crippen LogP contribution in [0.25, 0.3) is 16.6 Å². The molecule has 1 fully saturated rings. The van der Waals surface area contributed by atoms with E-state index in [2.05, 4.69) is 81.4 Å². The zero-order chi connectivity index (χ0) is 22.6. The smallest absolute Gasteiger partial charge is 0.123 e. The Kier molecular flexibility index (Phi) is 6.55. The summed E-state index contributed by atoms with van der Waals surface area (Å²) in [5.41, 5.74) is 3.58. The van der Waals surface area contributed by atoms with Gasteiger partial charge in [-0.3, -0.25) is 9.47 Å². The molecule has 6 heteroatoms. The maximum Gasteiger partial charge on any atom is 0.123 e. The van der Waals surface area contributed by atoms with Gasteiger partial charge in [-0.15, -0.1) is 10.2 Å². The fourth-order valence-electron chi connectivity index (χ4n) is 5.44. The monoisotopic (exact) mass is 443 g/mol. The van der Waals surface area contributed by atoms with Crippen LogP contribution >= 0.6 is 0 Å². The summed E-state index contributed by atoms with van der Waals surface area (Å²) in [5.74, 6) is 0.771. The van der Waals surface area contributed by atoms with E-state index in [4.69, 9.17) is 0 Å². The van der Waals surface area contributed by atoms with E-state index in [9.17, 15) is 5.11 Å². The fraction of sp³-hybridized carbons (Fsp3) is 0.407. The predicted octanol–water partition coefficient (Wildman–Crippen LogP) is 4.84. The van der Waals surface area contributed by atoms with Gasteiger partial charge >= 0.3 is 0 Å². The highest BCUT2D eigenvalue weighted by Gasteiger charge is 2.28. The highest BCUT2D eigenvalue weighted by Crippen LogP contribution is 2.33. The molecule has 0 bridgehead atoms. The SMILES string of the molecule is CN(C1CCC(CCn2ccc3cc(-n4cnnc4)ccc32)CC1)[C@H](CO)c1ccccc1. The van der Waals surface area contributed by atoms with Crippen molar-refractivity contribution < 1.29 is 5.11 Å². The number of aryl methyl sites for hydroxylation is 1. The van der Waals surface area contributed by atoms with Gasteiger partial charge in [0.05, 0.1) is 12.6 Å². The van der Waals surface area contributed by atoms with Crippen LogP contribution in [0.15, 0.2) is 73.4 Å². The number of benzene rings is 2. The summed E-state index contributed by atoms with van der Waals surface area (Å²) in [4.78, 5) is 2.40. The number of aliphatic hydroxyl groups excluding tert-OH is 1. The Morgan fingerprint density at radius 2 is 1.76 bits per heavy atom. The molecule has 2 heterocycles. The molecule has 33 heavy (non-hydrogen) atoms. The third-order valence-corrected chi connectivity index (χ3v) is 7.49. The van der Waals surface area contributed by atoms with E-state index in [0.717, 1.165) is 18.2 Å². The molecule has 1 aliphatic carbocycles. The molecule has 2 aromatic carbocycles. The highest BCUT2D eigenvalue weighted by atomic mass is 16.3. The number of rotatable bonds is 8. The Hall–Kier alpha value is -2.96. The van der Waals surface area contributed by atoms with Gasteiger partial charge in [0.2, 0.25) is 0 Å². The van der Waals surface area contributed by atoms with E-state index in [1.54, 1.807) is 12.7 Å². The topological polar surface area (TPSA) is 59.1 Å². The third-order valence-electron chi connectivity index (χ3n) is 7.49. The van der Waals surface area contributed by atoms with E-state index in [1.807, 2.05) is 10.6 Å². The first-order valence-electron chi connectivity index (χ1n) is 12.0. The molecule has 1 N–H and O–H groups in total. The molecular formula is C27H33N5O. The van der Waals surface area contributed by atoms with Gasteiger partial charge < -0.3 is 9.67 Å². The number of hydrogen-bond acceptors (Lipinski definition) is 4. The van der Waals surface area contributed by atoms with Crippen molar-refractivity contribution in [3.05, 3.63) is 79.0 Å². The molecule has 0 radical (unpaired) electrons. The second kappa shape index (κ2) is 9.89. The zero-order valence-electron chi connectivity index (χ0n) is 19.3. The zero-order valence-corrected chi connectivity index (χ0v) is 19.3. The molecule has 1 saturated carbocycles.